The number of nitro benzene ring substituents is 1. The zero-order valence-electron chi connectivity index (χ0n) is 23.2. The van der Waals surface area contributed by atoms with Crippen LogP contribution in [0.3, 0.4) is 0 Å². The van der Waals surface area contributed by atoms with Gasteiger partial charge >= 0.3 is 0 Å². The van der Waals surface area contributed by atoms with E-state index >= 15 is 0 Å². The zero-order valence-corrected chi connectivity index (χ0v) is 24.0. The highest BCUT2D eigenvalue weighted by atomic mass is 32.2. The third-order valence-corrected chi connectivity index (χ3v) is 7.83. The second-order valence-electron chi connectivity index (χ2n) is 10.5. The Morgan fingerprint density at radius 1 is 0.975 bits per heavy atom. The smallest absolute Gasteiger partial charge is 0.271 e. The van der Waals surface area contributed by atoms with E-state index in [1.807, 2.05) is 52.0 Å². The molecule has 10 nitrogen and oxygen atoms in total. The normalized spacial score (nSPS) is 12.3. The summed E-state index contributed by atoms with van der Waals surface area (Å²) in [5, 5.41) is 14.3. The molecule has 0 fully saturated rings. The van der Waals surface area contributed by atoms with Crippen molar-refractivity contribution in [2.45, 2.75) is 57.6 Å². The van der Waals surface area contributed by atoms with E-state index < -0.39 is 44.9 Å². The summed E-state index contributed by atoms with van der Waals surface area (Å²) in [5.74, 6) is -1.05. The Morgan fingerprint density at radius 3 is 2.23 bits per heavy atom. The largest absolute Gasteiger partial charge is 0.350 e. The molecule has 0 aliphatic carbocycles. The number of carbonyl (C=O) groups is 2. The highest BCUT2D eigenvalue weighted by Gasteiger charge is 2.33. The van der Waals surface area contributed by atoms with Crippen molar-refractivity contribution in [3.8, 4) is 0 Å². The van der Waals surface area contributed by atoms with Crippen LogP contribution < -0.4 is 9.62 Å². The highest BCUT2D eigenvalue weighted by molar-refractivity contribution is 7.92. The van der Waals surface area contributed by atoms with Crippen LogP contribution in [0.15, 0.2) is 83.8 Å². The first-order valence-corrected chi connectivity index (χ1v) is 14.1. The summed E-state index contributed by atoms with van der Waals surface area (Å²) in [5.41, 5.74) is 0.786. The lowest BCUT2D eigenvalue weighted by atomic mass is 10.1. The Bertz CT molecular complexity index is 1490. The third kappa shape index (κ3) is 7.66. The molecule has 0 spiro atoms. The molecule has 0 saturated heterocycles. The van der Waals surface area contributed by atoms with Crippen molar-refractivity contribution in [3.63, 3.8) is 0 Å². The topological polar surface area (TPSA) is 130 Å². The average Bonchev–Trinajstić information content (AvgIpc) is 2.89. The van der Waals surface area contributed by atoms with Crippen molar-refractivity contribution < 1.29 is 22.9 Å². The van der Waals surface area contributed by atoms with Crippen LogP contribution in [0.4, 0.5) is 11.4 Å². The average molecular weight is 567 g/mol. The summed E-state index contributed by atoms with van der Waals surface area (Å²) in [6.07, 6.45) is 0. The van der Waals surface area contributed by atoms with Crippen molar-refractivity contribution in [2.75, 3.05) is 10.8 Å². The van der Waals surface area contributed by atoms with Gasteiger partial charge in [-0.25, -0.2) is 8.42 Å². The maximum atomic E-state index is 13.9. The van der Waals surface area contributed by atoms with Gasteiger partial charge in [0.15, 0.2) is 0 Å². The summed E-state index contributed by atoms with van der Waals surface area (Å²) < 4.78 is 28.4. The lowest BCUT2D eigenvalue weighted by Gasteiger charge is -2.33. The molecule has 1 unspecified atom stereocenters. The lowest BCUT2D eigenvalue weighted by Crippen LogP contribution is -2.54. The molecule has 40 heavy (non-hydrogen) atoms. The molecule has 0 aromatic heterocycles. The first-order chi connectivity index (χ1) is 18.7. The van der Waals surface area contributed by atoms with Gasteiger partial charge in [0.2, 0.25) is 11.8 Å². The molecule has 11 heteroatoms. The molecule has 0 aliphatic heterocycles. The molecular weight excluding hydrogens is 532 g/mol. The van der Waals surface area contributed by atoms with E-state index in [4.69, 9.17) is 0 Å². The van der Waals surface area contributed by atoms with Gasteiger partial charge in [0.25, 0.3) is 15.7 Å². The third-order valence-electron chi connectivity index (χ3n) is 6.04. The predicted molar refractivity (Wildman–Crippen MR) is 153 cm³/mol. The molecule has 0 radical (unpaired) electrons. The minimum atomic E-state index is -4.32. The summed E-state index contributed by atoms with van der Waals surface area (Å²) in [4.78, 5) is 39.1. The second kappa shape index (κ2) is 12.3. The minimum Gasteiger partial charge on any atom is -0.350 e. The molecule has 1 atom stereocenters. The van der Waals surface area contributed by atoms with E-state index in [1.165, 1.54) is 35.2 Å². The number of rotatable bonds is 10. The summed E-state index contributed by atoms with van der Waals surface area (Å²) in [6, 6.07) is 19.1. The molecule has 3 aromatic rings. The molecule has 0 heterocycles. The molecule has 212 valence electrons. The van der Waals surface area contributed by atoms with Gasteiger partial charge in [-0.05, 0) is 58.4 Å². The number of hydrogen-bond donors (Lipinski definition) is 1. The second-order valence-corrected chi connectivity index (χ2v) is 12.4. The van der Waals surface area contributed by atoms with Crippen LogP contribution >= 0.6 is 0 Å². The standard InChI is InChI=1S/C29H34N4O6S/c1-21-11-9-12-23(17-21)19-31(22(2)28(35)30-29(3,4)5)27(34)20-32(24-13-10-14-25(18-24)33(36)37)40(38,39)26-15-7-6-8-16-26/h6-18,22H,19-20H2,1-5H3,(H,30,35). The van der Waals surface area contributed by atoms with Crippen molar-refractivity contribution in [2.24, 2.45) is 0 Å². The van der Waals surface area contributed by atoms with Crippen LogP contribution in [0.25, 0.3) is 0 Å². The Morgan fingerprint density at radius 2 is 1.62 bits per heavy atom. The summed E-state index contributed by atoms with van der Waals surface area (Å²) >= 11 is 0. The van der Waals surface area contributed by atoms with Gasteiger partial charge in [0.05, 0.1) is 15.5 Å². The Kier molecular flexibility index (Phi) is 9.31. The van der Waals surface area contributed by atoms with E-state index in [-0.39, 0.29) is 22.8 Å². The van der Waals surface area contributed by atoms with Crippen LogP contribution in [0.5, 0.6) is 0 Å². The highest BCUT2D eigenvalue weighted by Crippen LogP contribution is 2.27. The molecule has 0 aliphatic rings. The van der Waals surface area contributed by atoms with E-state index in [0.29, 0.717) is 0 Å². The van der Waals surface area contributed by atoms with Crippen LogP contribution in [-0.4, -0.2) is 48.2 Å². The molecule has 3 aromatic carbocycles. The molecule has 2 amide bonds. The Hall–Kier alpha value is -4.25. The number of hydrogen-bond acceptors (Lipinski definition) is 6. The number of anilines is 1. The zero-order chi connectivity index (χ0) is 29.7. The van der Waals surface area contributed by atoms with Gasteiger partial charge < -0.3 is 10.2 Å². The van der Waals surface area contributed by atoms with Gasteiger partial charge in [-0.1, -0.05) is 54.1 Å². The molecule has 0 saturated carbocycles. The first-order valence-electron chi connectivity index (χ1n) is 12.7. The van der Waals surface area contributed by atoms with Crippen molar-refractivity contribution in [1.29, 1.82) is 0 Å². The fourth-order valence-corrected chi connectivity index (χ4v) is 5.50. The number of amides is 2. The number of nitrogens with one attached hydrogen (secondary N) is 1. The number of non-ortho nitro benzene ring substituents is 1. The summed E-state index contributed by atoms with van der Waals surface area (Å²) in [7, 11) is -4.32. The molecular formula is C29H34N4O6S. The van der Waals surface area contributed by atoms with Crippen LogP contribution in [0, 0.1) is 17.0 Å². The number of aryl methyl sites for hydroxylation is 1. The number of benzene rings is 3. The predicted octanol–water partition coefficient (Wildman–Crippen LogP) is 4.43. The minimum absolute atomic E-state index is 0.0475. The maximum absolute atomic E-state index is 13.9. The van der Waals surface area contributed by atoms with Gasteiger partial charge in [0, 0.05) is 24.2 Å². The van der Waals surface area contributed by atoms with Gasteiger partial charge in [0.1, 0.15) is 12.6 Å². The van der Waals surface area contributed by atoms with Crippen LogP contribution in [0.2, 0.25) is 0 Å². The first kappa shape index (κ1) is 30.3. The van der Waals surface area contributed by atoms with Crippen molar-refractivity contribution in [3.05, 3.63) is 100 Å². The number of nitrogens with zero attached hydrogens (tertiary/aromatic N) is 3. The maximum Gasteiger partial charge on any atom is 0.271 e. The van der Waals surface area contributed by atoms with Gasteiger partial charge in [-0.2, -0.15) is 0 Å². The number of nitro groups is 1. The lowest BCUT2D eigenvalue weighted by molar-refractivity contribution is -0.384. The van der Waals surface area contributed by atoms with E-state index in [0.717, 1.165) is 21.5 Å². The van der Waals surface area contributed by atoms with Crippen LogP contribution in [-0.2, 0) is 26.2 Å². The number of carbonyl (C=O) groups excluding carboxylic acids is 2. The fraction of sp³-hybridized carbons (Fsp3) is 0.310. The molecule has 1 N–H and O–H groups in total. The van der Waals surface area contributed by atoms with E-state index in [1.54, 1.807) is 25.1 Å². The van der Waals surface area contributed by atoms with Crippen molar-refractivity contribution in [1.82, 2.24) is 10.2 Å². The Balaban J connectivity index is 2.07. The summed E-state index contributed by atoms with van der Waals surface area (Å²) in [6.45, 7) is 8.31. The fourth-order valence-electron chi connectivity index (χ4n) is 4.07. The van der Waals surface area contributed by atoms with E-state index in [2.05, 4.69) is 5.32 Å². The Labute approximate surface area is 234 Å². The van der Waals surface area contributed by atoms with E-state index in [9.17, 15) is 28.1 Å². The monoisotopic (exact) mass is 566 g/mol. The quantitative estimate of drug-likeness (QED) is 0.285. The molecule has 3 rings (SSSR count). The SMILES string of the molecule is Cc1cccc(CN(C(=O)CN(c2cccc([N+](=O)[O-])c2)S(=O)(=O)c2ccccc2)C(C)C(=O)NC(C)(C)C)c1. The number of sulfonamides is 1. The van der Waals surface area contributed by atoms with Gasteiger partial charge in [-0.15, -0.1) is 0 Å². The molecule has 0 bridgehead atoms. The van der Waals surface area contributed by atoms with Crippen molar-refractivity contribution >= 4 is 33.2 Å². The van der Waals surface area contributed by atoms with Crippen LogP contribution in [0.1, 0.15) is 38.8 Å². The van der Waals surface area contributed by atoms with Gasteiger partial charge in [-0.3, -0.25) is 24.0 Å².